The second kappa shape index (κ2) is 21.3. The lowest BCUT2D eigenvalue weighted by Gasteiger charge is -2.28. The first-order valence-electron chi connectivity index (χ1n) is 15.0. The van der Waals surface area contributed by atoms with E-state index in [1.807, 2.05) is 0 Å². The fraction of sp³-hybridized carbons (Fsp3) is 0.548. The molecule has 0 saturated heterocycles. The smallest absolute Gasteiger partial charge is 0.326 e. The van der Waals surface area contributed by atoms with Crippen molar-refractivity contribution in [3.63, 3.8) is 0 Å². The quantitative estimate of drug-likeness (QED) is 0.165. The first-order chi connectivity index (χ1) is 22.4. The number of carbonyl (C=O) groups excluding carboxylic acids is 7. The molecule has 0 aliphatic heterocycles. The summed E-state index contributed by atoms with van der Waals surface area (Å²) in [4.78, 5) is 108. The number of carbonyl (C=O) groups is 8. The number of rotatable bonds is 18. The van der Waals surface area contributed by atoms with Gasteiger partial charge in [-0.05, 0) is 12.6 Å². The van der Waals surface area contributed by atoms with Gasteiger partial charge in [-0.15, -0.1) is 12.4 Å². The van der Waals surface area contributed by atoms with E-state index >= 15 is 0 Å². The molecule has 49 heavy (non-hydrogen) atoms. The zero-order valence-corrected chi connectivity index (χ0v) is 30.2. The predicted molar refractivity (Wildman–Crippen MR) is 181 cm³/mol. The lowest BCUT2D eigenvalue weighted by atomic mass is 10.0. The summed E-state index contributed by atoms with van der Waals surface area (Å²) in [6, 6.07) is 7.68. The number of hydrogen-bond acceptors (Lipinski definition) is 9. The van der Waals surface area contributed by atoms with E-state index in [-0.39, 0.29) is 50.9 Å². The largest absolute Gasteiger partial charge is 0.480 e. The van der Waals surface area contributed by atoms with Crippen molar-refractivity contribution in [1.29, 1.82) is 0 Å². The van der Waals surface area contributed by atoms with Crippen LogP contribution in [0.2, 0.25) is 0 Å². The summed E-state index contributed by atoms with van der Waals surface area (Å²) in [5.74, 6) is -4.83. The standard InChI is InChI=1S/C31H48N8O9.ClH/c1-32-15-24(40)33(2)16-25(41)34(3)17-26(42)35(4)18-27(43)36(5)19-28(44)37(6)20-29(45)38(7)21-30(46)39(8)23(31(47)48)14-22-12-10-9-11-13-22;/h9-13,23,32H,14-21H2,1-8H3,(H,47,48);1H. The first kappa shape index (κ1) is 44.2. The Hall–Kier alpha value is -4.77. The van der Waals surface area contributed by atoms with Crippen molar-refractivity contribution in [2.75, 3.05) is 102 Å². The van der Waals surface area contributed by atoms with E-state index in [4.69, 9.17) is 0 Å². The minimum Gasteiger partial charge on any atom is -0.480 e. The van der Waals surface area contributed by atoms with E-state index in [0.717, 1.165) is 35.0 Å². The van der Waals surface area contributed by atoms with Crippen LogP contribution >= 0.6 is 12.4 Å². The number of aliphatic carboxylic acids is 1. The number of carboxylic acids is 1. The van der Waals surface area contributed by atoms with E-state index in [9.17, 15) is 43.5 Å². The van der Waals surface area contributed by atoms with Crippen LogP contribution in [-0.2, 0) is 44.8 Å². The van der Waals surface area contributed by atoms with Crippen LogP contribution in [0.4, 0.5) is 0 Å². The molecule has 0 aliphatic carbocycles. The molecular weight excluding hydrogens is 664 g/mol. The molecule has 2 N–H and O–H groups in total. The van der Waals surface area contributed by atoms with Crippen molar-refractivity contribution in [3.8, 4) is 0 Å². The van der Waals surface area contributed by atoms with E-state index in [1.54, 1.807) is 37.4 Å². The van der Waals surface area contributed by atoms with Crippen LogP contribution in [0.3, 0.4) is 0 Å². The molecule has 18 heteroatoms. The topological polar surface area (TPSA) is 192 Å². The third-order valence-electron chi connectivity index (χ3n) is 7.53. The van der Waals surface area contributed by atoms with E-state index in [0.29, 0.717) is 0 Å². The Morgan fingerprint density at radius 2 is 0.857 bits per heavy atom. The van der Waals surface area contributed by atoms with Crippen LogP contribution in [0.1, 0.15) is 5.56 Å². The van der Waals surface area contributed by atoms with Crippen LogP contribution in [0.15, 0.2) is 30.3 Å². The Labute approximate surface area is 293 Å². The van der Waals surface area contributed by atoms with Gasteiger partial charge in [0.1, 0.15) is 6.04 Å². The molecule has 0 saturated carbocycles. The van der Waals surface area contributed by atoms with Crippen LogP contribution in [0, 0.1) is 0 Å². The minimum atomic E-state index is -1.19. The Morgan fingerprint density at radius 3 is 1.16 bits per heavy atom. The highest BCUT2D eigenvalue weighted by Crippen LogP contribution is 2.09. The molecule has 17 nitrogen and oxygen atoms in total. The summed E-state index contributed by atoms with van der Waals surface area (Å²) in [7, 11) is 11.3. The van der Waals surface area contributed by atoms with Crippen molar-refractivity contribution in [3.05, 3.63) is 35.9 Å². The Balaban J connectivity index is 0.0000230. The summed E-state index contributed by atoms with van der Waals surface area (Å²) >= 11 is 0. The van der Waals surface area contributed by atoms with Gasteiger partial charge in [0.25, 0.3) is 0 Å². The third-order valence-corrected chi connectivity index (χ3v) is 7.53. The lowest BCUT2D eigenvalue weighted by Crippen LogP contribution is -2.50. The molecule has 1 aromatic rings. The number of nitrogens with one attached hydrogen (secondary N) is 1. The summed E-state index contributed by atoms with van der Waals surface area (Å²) in [6.45, 7) is -2.11. The second-order valence-corrected chi connectivity index (χ2v) is 11.6. The van der Waals surface area contributed by atoms with Gasteiger partial charge >= 0.3 is 5.97 Å². The molecule has 1 aromatic carbocycles. The molecule has 0 aliphatic rings. The lowest BCUT2D eigenvalue weighted by molar-refractivity contribution is -0.150. The SMILES string of the molecule is CNCC(=O)N(C)CC(=O)N(C)CC(=O)N(C)CC(=O)N(C)CC(=O)N(C)CC(=O)N(C)CC(=O)N(C)C(Cc1ccccc1)C(=O)O.Cl. The van der Waals surface area contributed by atoms with Gasteiger partial charge in [-0.2, -0.15) is 0 Å². The van der Waals surface area contributed by atoms with Crippen LogP contribution in [-0.4, -0.2) is 195 Å². The highest BCUT2D eigenvalue weighted by molar-refractivity contribution is 5.93. The average molecular weight is 713 g/mol. The van der Waals surface area contributed by atoms with Crippen molar-refractivity contribution >= 4 is 59.7 Å². The van der Waals surface area contributed by atoms with Gasteiger partial charge in [-0.25, -0.2) is 4.79 Å². The van der Waals surface area contributed by atoms with Crippen LogP contribution < -0.4 is 5.32 Å². The van der Waals surface area contributed by atoms with Gasteiger partial charge in [0.2, 0.25) is 41.4 Å². The van der Waals surface area contributed by atoms with Gasteiger partial charge < -0.3 is 44.7 Å². The number of benzene rings is 1. The van der Waals surface area contributed by atoms with E-state index in [2.05, 4.69) is 5.32 Å². The zero-order valence-electron chi connectivity index (χ0n) is 29.4. The Morgan fingerprint density at radius 1 is 0.551 bits per heavy atom. The fourth-order valence-electron chi connectivity index (χ4n) is 4.15. The molecule has 1 unspecified atom stereocenters. The first-order valence-corrected chi connectivity index (χ1v) is 15.0. The monoisotopic (exact) mass is 712 g/mol. The maximum atomic E-state index is 12.8. The number of amides is 7. The van der Waals surface area contributed by atoms with Crippen molar-refractivity contribution in [2.45, 2.75) is 12.5 Å². The minimum absolute atomic E-state index is 0. The Bertz CT molecular complexity index is 1330. The van der Waals surface area contributed by atoms with Crippen molar-refractivity contribution in [1.82, 2.24) is 39.6 Å². The maximum Gasteiger partial charge on any atom is 0.326 e. The van der Waals surface area contributed by atoms with Crippen LogP contribution in [0.5, 0.6) is 0 Å². The number of hydrogen-bond donors (Lipinski definition) is 2. The summed E-state index contributed by atoms with van der Waals surface area (Å²) in [6.07, 6.45) is 0.0820. The normalized spacial score (nSPS) is 10.9. The molecular formula is C31H49ClN8O9. The third kappa shape index (κ3) is 14.9. The molecule has 7 amide bonds. The second-order valence-electron chi connectivity index (χ2n) is 11.6. The highest BCUT2D eigenvalue weighted by atomic mass is 35.5. The molecule has 0 fully saturated rings. The summed E-state index contributed by atoms with van der Waals surface area (Å²) < 4.78 is 0. The van der Waals surface area contributed by atoms with Gasteiger partial charge in [0.15, 0.2) is 0 Å². The number of likely N-dealkylation sites (N-methyl/N-ethyl adjacent to an activating group) is 8. The fourth-order valence-corrected chi connectivity index (χ4v) is 4.15. The van der Waals surface area contributed by atoms with Gasteiger partial charge in [-0.1, -0.05) is 30.3 Å². The Kier molecular flexibility index (Phi) is 19.2. The van der Waals surface area contributed by atoms with Crippen LogP contribution in [0.25, 0.3) is 0 Å². The maximum absolute atomic E-state index is 12.8. The van der Waals surface area contributed by atoms with Gasteiger partial charge in [0, 0.05) is 55.8 Å². The molecule has 1 atom stereocenters. The number of carboxylic acid groups (broad SMARTS) is 1. The molecule has 0 spiro atoms. The molecule has 0 bridgehead atoms. The molecule has 0 radical (unpaired) electrons. The van der Waals surface area contributed by atoms with Crippen molar-refractivity contribution < 1.29 is 43.5 Å². The molecule has 1 rings (SSSR count). The van der Waals surface area contributed by atoms with E-state index < -0.39 is 67.1 Å². The molecule has 274 valence electrons. The zero-order chi connectivity index (χ0) is 36.7. The average Bonchev–Trinajstić information content (AvgIpc) is 3.03. The molecule has 0 heterocycles. The van der Waals surface area contributed by atoms with E-state index in [1.165, 1.54) is 54.2 Å². The predicted octanol–water partition coefficient (Wildman–Crippen LogP) is -2.47. The highest BCUT2D eigenvalue weighted by Gasteiger charge is 2.29. The van der Waals surface area contributed by atoms with Gasteiger partial charge in [-0.3, -0.25) is 33.6 Å². The van der Waals surface area contributed by atoms with Crippen molar-refractivity contribution in [2.24, 2.45) is 0 Å². The van der Waals surface area contributed by atoms with Gasteiger partial charge in [0.05, 0.1) is 45.8 Å². The number of halogens is 1. The number of nitrogens with zero attached hydrogens (tertiary/aromatic N) is 7. The molecule has 0 aromatic heterocycles. The summed E-state index contributed by atoms with van der Waals surface area (Å²) in [5, 5.41) is 12.4. The summed E-state index contributed by atoms with van der Waals surface area (Å²) in [5.41, 5.74) is 0.731.